The average molecular weight is 276 g/mol. The minimum Gasteiger partial charge on any atom is -0.298 e. The molecule has 7 heteroatoms. The second kappa shape index (κ2) is 3.95. The minimum atomic E-state index is -3.78. The maximum atomic E-state index is 11.4. The lowest BCUT2D eigenvalue weighted by atomic mass is 9.83. The highest BCUT2D eigenvalue weighted by Crippen LogP contribution is 2.39. The van der Waals surface area contributed by atoms with Gasteiger partial charge < -0.3 is 0 Å². The smallest absolute Gasteiger partial charge is 0.296 e. The summed E-state index contributed by atoms with van der Waals surface area (Å²) in [7, 11) is 1.60. The van der Waals surface area contributed by atoms with Gasteiger partial charge in [0.1, 0.15) is 5.82 Å². The van der Waals surface area contributed by atoms with Crippen molar-refractivity contribution in [2.45, 2.75) is 49.7 Å². The summed E-state index contributed by atoms with van der Waals surface area (Å²) in [6, 6.07) is 0.239. The molecule has 1 heterocycles. The molecule has 2 fully saturated rings. The van der Waals surface area contributed by atoms with Crippen LogP contribution in [0.5, 0.6) is 0 Å². The van der Waals surface area contributed by atoms with E-state index in [9.17, 15) is 8.42 Å². The van der Waals surface area contributed by atoms with E-state index in [2.05, 4.69) is 10.2 Å². The summed E-state index contributed by atoms with van der Waals surface area (Å²) in [6.07, 6.45) is 6.50. The van der Waals surface area contributed by atoms with Gasteiger partial charge in [-0.25, -0.2) is 8.42 Å². The fourth-order valence-corrected chi connectivity index (χ4v) is 3.21. The van der Waals surface area contributed by atoms with E-state index in [4.69, 9.17) is 10.7 Å². The molecule has 1 aromatic heterocycles. The van der Waals surface area contributed by atoms with Crippen molar-refractivity contribution < 1.29 is 8.42 Å². The van der Waals surface area contributed by atoms with Crippen LogP contribution >= 0.6 is 10.7 Å². The van der Waals surface area contributed by atoms with Gasteiger partial charge >= 0.3 is 0 Å². The van der Waals surface area contributed by atoms with Gasteiger partial charge in [-0.3, -0.25) is 4.57 Å². The van der Waals surface area contributed by atoms with Gasteiger partial charge in [-0.2, -0.15) is 0 Å². The first-order valence-corrected chi connectivity index (χ1v) is 8.25. The molecule has 0 N–H and O–H groups in total. The van der Waals surface area contributed by atoms with E-state index >= 15 is 0 Å². The summed E-state index contributed by atoms with van der Waals surface area (Å²) in [5, 5.41) is 7.70. The predicted octanol–water partition coefficient (Wildman–Crippen LogP) is 1.88. The van der Waals surface area contributed by atoms with Crippen LogP contribution in [-0.4, -0.2) is 23.2 Å². The Morgan fingerprint density at radius 2 is 1.94 bits per heavy atom. The first-order valence-electron chi connectivity index (χ1n) is 5.94. The Kier molecular flexibility index (Phi) is 2.66. The van der Waals surface area contributed by atoms with Gasteiger partial charge in [0.15, 0.2) is 0 Å². The van der Waals surface area contributed by atoms with Crippen LogP contribution < -0.4 is 0 Å². The van der Waals surface area contributed by atoms with Crippen LogP contribution in [0.15, 0.2) is 5.16 Å². The van der Waals surface area contributed by atoms with Gasteiger partial charge in [0.2, 0.25) is 0 Å². The molecule has 0 radical (unpaired) electrons. The van der Waals surface area contributed by atoms with Crippen LogP contribution in [0.3, 0.4) is 0 Å². The van der Waals surface area contributed by atoms with E-state index < -0.39 is 9.05 Å². The quantitative estimate of drug-likeness (QED) is 0.787. The Bertz CT molecular complexity index is 532. The summed E-state index contributed by atoms with van der Waals surface area (Å²) in [6.45, 7) is 0. The third kappa shape index (κ3) is 2.20. The van der Waals surface area contributed by atoms with Gasteiger partial charge in [-0.05, 0) is 18.8 Å². The van der Waals surface area contributed by atoms with Crippen LogP contribution in [0.2, 0.25) is 0 Å². The molecule has 0 spiro atoms. The lowest BCUT2D eigenvalue weighted by Gasteiger charge is -2.24. The SMILES string of the molecule is O=S(=O)(Cl)c1nnc(CC2CCC2)n1C1CC1. The van der Waals surface area contributed by atoms with Gasteiger partial charge in [0.25, 0.3) is 14.2 Å². The summed E-state index contributed by atoms with van der Waals surface area (Å²) >= 11 is 0. The molecular weight excluding hydrogens is 262 g/mol. The second-order valence-electron chi connectivity index (χ2n) is 4.94. The third-order valence-corrected chi connectivity index (χ3v) is 4.69. The zero-order chi connectivity index (χ0) is 12.0. The molecule has 5 nitrogen and oxygen atoms in total. The molecule has 0 unspecified atom stereocenters. The van der Waals surface area contributed by atoms with E-state index in [-0.39, 0.29) is 11.2 Å². The predicted molar refractivity (Wildman–Crippen MR) is 62.4 cm³/mol. The fourth-order valence-electron chi connectivity index (χ4n) is 2.27. The lowest BCUT2D eigenvalue weighted by Crippen LogP contribution is -2.17. The molecule has 0 amide bonds. The Hall–Kier alpha value is -0.620. The monoisotopic (exact) mass is 275 g/mol. The fraction of sp³-hybridized carbons (Fsp3) is 0.800. The number of hydrogen-bond donors (Lipinski definition) is 0. The summed E-state index contributed by atoms with van der Waals surface area (Å²) in [5.74, 6) is 1.43. The van der Waals surface area contributed by atoms with Crippen molar-refractivity contribution in [3.8, 4) is 0 Å². The third-order valence-electron chi connectivity index (χ3n) is 3.56. The van der Waals surface area contributed by atoms with E-state index in [0.717, 1.165) is 25.1 Å². The first-order chi connectivity index (χ1) is 8.05. The minimum absolute atomic E-state index is 0.0732. The van der Waals surface area contributed by atoms with E-state index in [1.165, 1.54) is 19.3 Å². The lowest BCUT2D eigenvalue weighted by molar-refractivity contribution is 0.304. The van der Waals surface area contributed by atoms with Crippen molar-refractivity contribution in [1.29, 1.82) is 0 Å². The Labute approximate surface area is 105 Å². The molecule has 0 saturated heterocycles. The summed E-state index contributed by atoms with van der Waals surface area (Å²) in [5.41, 5.74) is 0. The zero-order valence-corrected chi connectivity index (χ0v) is 10.9. The van der Waals surface area contributed by atoms with Crippen LogP contribution in [0.4, 0.5) is 0 Å². The van der Waals surface area contributed by atoms with Gasteiger partial charge in [0, 0.05) is 23.1 Å². The normalized spacial score (nSPS) is 21.5. The molecule has 0 bridgehead atoms. The maximum absolute atomic E-state index is 11.4. The van der Waals surface area contributed by atoms with E-state index in [1.807, 2.05) is 0 Å². The molecule has 17 heavy (non-hydrogen) atoms. The zero-order valence-electron chi connectivity index (χ0n) is 9.34. The van der Waals surface area contributed by atoms with E-state index in [1.54, 1.807) is 4.57 Å². The number of nitrogens with zero attached hydrogens (tertiary/aromatic N) is 3. The Balaban J connectivity index is 1.94. The molecule has 2 aliphatic carbocycles. The standard InChI is InChI=1S/C10H14ClN3O2S/c11-17(15,16)10-13-12-9(6-7-2-1-3-7)14(10)8-4-5-8/h7-8H,1-6H2. The molecule has 0 atom stereocenters. The van der Waals surface area contributed by atoms with Crippen molar-refractivity contribution in [3.63, 3.8) is 0 Å². The van der Waals surface area contributed by atoms with E-state index in [0.29, 0.717) is 5.92 Å². The molecule has 0 aliphatic heterocycles. The molecule has 0 aromatic carbocycles. The summed E-state index contributed by atoms with van der Waals surface area (Å²) in [4.78, 5) is 0. The topological polar surface area (TPSA) is 64.8 Å². The highest BCUT2D eigenvalue weighted by atomic mass is 35.7. The van der Waals surface area contributed by atoms with Crippen LogP contribution in [0.1, 0.15) is 44.0 Å². The van der Waals surface area contributed by atoms with Crippen LogP contribution in [-0.2, 0) is 15.5 Å². The highest BCUT2D eigenvalue weighted by Gasteiger charge is 2.34. The molecule has 2 aliphatic rings. The maximum Gasteiger partial charge on any atom is 0.296 e. The van der Waals surface area contributed by atoms with Crippen molar-refractivity contribution in [3.05, 3.63) is 5.82 Å². The van der Waals surface area contributed by atoms with Crippen LogP contribution in [0.25, 0.3) is 0 Å². The molecule has 2 saturated carbocycles. The Morgan fingerprint density at radius 3 is 2.41 bits per heavy atom. The van der Waals surface area contributed by atoms with Crippen molar-refractivity contribution >= 4 is 19.7 Å². The number of halogens is 1. The molecule has 94 valence electrons. The second-order valence-corrected chi connectivity index (χ2v) is 7.40. The van der Waals surface area contributed by atoms with Crippen molar-refractivity contribution in [1.82, 2.24) is 14.8 Å². The first kappa shape index (κ1) is 11.5. The van der Waals surface area contributed by atoms with Crippen molar-refractivity contribution in [2.24, 2.45) is 5.92 Å². The van der Waals surface area contributed by atoms with Crippen molar-refractivity contribution in [2.75, 3.05) is 0 Å². The molecular formula is C10H14ClN3O2S. The molecule has 1 aromatic rings. The number of aromatic nitrogens is 3. The number of hydrogen-bond acceptors (Lipinski definition) is 4. The average Bonchev–Trinajstić information content (AvgIpc) is 2.91. The number of rotatable bonds is 4. The Morgan fingerprint density at radius 1 is 1.24 bits per heavy atom. The molecule has 3 rings (SSSR count). The van der Waals surface area contributed by atoms with Gasteiger partial charge in [-0.1, -0.05) is 19.3 Å². The highest BCUT2D eigenvalue weighted by molar-refractivity contribution is 8.13. The van der Waals surface area contributed by atoms with Crippen LogP contribution in [0, 0.1) is 5.92 Å². The summed E-state index contributed by atoms with van der Waals surface area (Å²) < 4.78 is 24.6. The largest absolute Gasteiger partial charge is 0.298 e. The van der Waals surface area contributed by atoms with Gasteiger partial charge in [-0.15, -0.1) is 10.2 Å². The van der Waals surface area contributed by atoms with Gasteiger partial charge in [0.05, 0.1) is 0 Å².